The van der Waals surface area contributed by atoms with Crippen LogP contribution in [0.3, 0.4) is 0 Å². The van der Waals surface area contributed by atoms with Crippen molar-refractivity contribution < 1.29 is 4.74 Å². The van der Waals surface area contributed by atoms with Gasteiger partial charge >= 0.3 is 0 Å². The van der Waals surface area contributed by atoms with Crippen LogP contribution in [0.5, 0.6) is 5.75 Å². The molecule has 0 saturated heterocycles. The van der Waals surface area contributed by atoms with Crippen molar-refractivity contribution in [2.75, 3.05) is 7.11 Å². The van der Waals surface area contributed by atoms with Crippen molar-refractivity contribution in [3.63, 3.8) is 0 Å². The van der Waals surface area contributed by atoms with Crippen LogP contribution in [0.15, 0.2) is 18.3 Å². The predicted molar refractivity (Wildman–Crippen MR) is 84.6 cm³/mol. The Morgan fingerprint density at radius 1 is 1.30 bits per heavy atom. The first kappa shape index (κ1) is 15.0. The first-order chi connectivity index (χ1) is 9.52. The summed E-state index contributed by atoms with van der Waals surface area (Å²) in [6, 6.07) is 4.69. The minimum atomic E-state index is 0.335. The maximum absolute atomic E-state index is 5.45. The predicted octanol–water partition coefficient (Wildman–Crippen LogP) is 3.93. The zero-order chi connectivity index (χ0) is 14.7. The first-order valence-corrected chi connectivity index (χ1v) is 7.63. The van der Waals surface area contributed by atoms with Crippen LogP contribution in [-0.4, -0.2) is 12.1 Å². The number of aryl methyl sites for hydroxylation is 2. The Morgan fingerprint density at radius 2 is 2.05 bits per heavy atom. The van der Waals surface area contributed by atoms with Gasteiger partial charge in [0, 0.05) is 39.7 Å². The van der Waals surface area contributed by atoms with Crippen LogP contribution in [0.25, 0.3) is 0 Å². The Bertz CT molecular complexity index is 592. The zero-order valence-corrected chi connectivity index (χ0v) is 13.6. The third-order valence-electron chi connectivity index (χ3n) is 3.51. The summed E-state index contributed by atoms with van der Waals surface area (Å²) in [6.45, 7) is 9.16. The van der Waals surface area contributed by atoms with Gasteiger partial charge in [-0.1, -0.05) is 0 Å². The quantitative estimate of drug-likeness (QED) is 0.906. The Balaban J connectivity index is 2.07. The second kappa shape index (κ2) is 6.37. The fourth-order valence-electron chi connectivity index (χ4n) is 2.29. The minimum absolute atomic E-state index is 0.335. The molecule has 1 unspecified atom stereocenters. The highest BCUT2D eigenvalue weighted by Crippen LogP contribution is 2.25. The lowest BCUT2D eigenvalue weighted by atomic mass is 10.1. The molecular weight excluding hydrogens is 268 g/mol. The zero-order valence-electron chi connectivity index (χ0n) is 12.8. The molecule has 0 aromatic carbocycles. The van der Waals surface area contributed by atoms with Crippen LogP contribution in [0.4, 0.5) is 0 Å². The second-order valence-corrected chi connectivity index (χ2v) is 6.42. The van der Waals surface area contributed by atoms with Crippen molar-refractivity contribution in [1.82, 2.24) is 10.3 Å². The van der Waals surface area contributed by atoms with Crippen LogP contribution < -0.4 is 10.1 Å². The molecule has 0 aliphatic rings. The fourth-order valence-corrected chi connectivity index (χ4v) is 3.19. The molecule has 1 N–H and O–H groups in total. The molecule has 3 nitrogen and oxygen atoms in total. The average Bonchev–Trinajstić information content (AvgIpc) is 2.85. The van der Waals surface area contributed by atoms with E-state index in [4.69, 9.17) is 4.74 Å². The molecule has 2 aromatic rings. The van der Waals surface area contributed by atoms with E-state index in [0.717, 1.165) is 29.1 Å². The third-order valence-corrected chi connectivity index (χ3v) is 4.70. The third kappa shape index (κ3) is 3.19. The first-order valence-electron chi connectivity index (χ1n) is 6.81. The molecule has 2 heterocycles. The van der Waals surface area contributed by atoms with Gasteiger partial charge in [0.25, 0.3) is 0 Å². The van der Waals surface area contributed by atoms with Crippen LogP contribution in [-0.2, 0) is 6.54 Å². The van der Waals surface area contributed by atoms with E-state index in [9.17, 15) is 0 Å². The highest BCUT2D eigenvalue weighted by Gasteiger charge is 2.12. The Hall–Kier alpha value is -1.39. The number of aromatic nitrogens is 1. The van der Waals surface area contributed by atoms with E-state index in [2.05, 4.69) is 43.2 Å². The molecular formula is C16H22N2OS. The van der Waals surface area contributed by atoms with Gasteiger partial charge in [-0.15, -0.1) is 11.3 Å². The number of methoxy groups -OCH3 is 1. The lowest BCUT2D eigenvalue weighted by molar-refractivity contribution is 0.406. The van der Waals surface area contributed by atoms with Gasteiger partial charge in [0.15, 0.2) is 0 Å². The summed E-state index contributed by atoms with van der Waals surface area (Å²) in [5, 5.41) is 3.53. The molecule has 108 valence electrons. The summed E-state index contributed by atoms with van der Waals surface area (Å²) in [7, 11) is 1.71. The number of hydrogen-bond acceptors (Lipinski definition) is 4. The number of rotatable bonds is 5. The lowest BCUT2D eigenvalue weighted by Crippen LogP contribution is -2.19. The number of hydrogen-bond donors (Lipinski definition) is 1. The van der Waals surface area contributed by atoms with Crippen molar-refractivity contribution in [1.29, 1.82) is 0 Å². The minimum Gasteiger partial charge on any atom is -0.496 e. The van der Waals surface area contributed by atoms with Crippen molar-refractivity contribution in [2.45, 2.75) is 40.3 Å². The Morgan fingerprint density at radius 3 is 2.65 bits per heavy atom. The summed E-state index contributed by atoms with van der Waals surface area (Å²) in [5.41, 5.74) is 3.25. The SMILES string of the molecule is COc1c(C)cnc(CNC(C)c2ccc(C)s2)c1C. The van der Waals surface area contributed by atoms with Crippen LogP contribution in [0.2, 0.25) is 0 Å². The summed E-state index contributed by atoms with van der Waals surface area (Å²) in [5.74, 6) is 0.941. The largest absolute Gasteiger partial charge is 0.496 e. The Labute approximate surface area is 125 Å². The normalized spacial score (nSPS) is 12.4. The van der Waals surface area contributed by atoms with Crippen LogP contribution >= 0.6 is 11.3 Å². The van der Waals surface area contributed by atoms with Gasteiger partial charge in [0.1, 0.15) is 5.75 Å². The van der Waals surface area contributed by atoms with Crippen molar-refractivity contribution in [3.8, 4) is 5.75 Å². The van der Waals surface area contributed by atoms with Crippen molar-refractivity contribution >= 4 is 11.3 Å². The second-order valence-electron chi connectivity index (χ2n) is 5.10. The van der Waals surface area contributed by atoms with E-state index in [-0.39, 0.29) is 0 Å². The standard InChI is InChI=1S/C16H22N2OS/c1-10-8-18-14(12(3)16(10)19-5)9-17-13(4)15-7-6-11(2)20-15/h6-8,13,17H,9H2,1-5H3. The number of nitrogens with one attached hydrogen (secondary N) is 1. The van der Waals surface area contributed by atoms with Gasteiger partial charge in [-0.2, -0.15) is 0 Å². The molecule has 0 aliphatic carbocycles. The maximum atomic E-state index is 5.45. The molecule has 0 radical (unpaired) electrons. The van der Waals surface area contributed by atoms with Crippen LogP contribution in [0, 0.1) is 20.8 Å². The summed E-state index contributed by atoms with van der Waals surface area (Å²) in [6.07, 6.45) is 1.88. The van der Waals surface area contributed by atoms with Crippen molar-refractivity contribution in [3.05, 3.63) is 44.9 Å². The highest BCUT2D eigenvalue weighted by atomic mass is 32.1. The topological polar surface area (TPSA) is 34.1 Å². The van der Waals surface area contributed by atoms with Crippen LogP contribution in [0.1, 0.15) is 39.5 Å². The number of nitrogens with zero attached hydrogens (tertiary/aromatic N) is 1. The molecule has 20 heavy (non-hydrogen) atoms. The monoisotopic (exact) mass is 290 g/mol. The fraction of sp³-hybridized carbons (Fsp3) is 0.438. The van der Waals surface area contributed by atoms with E-state index in [1.165, 1.54) is 9.75 Å². The molecule has 4 heteroatoms. The molecule has 2 rings (SSSR count). The van der Waals surface area contributed by atoms with E-state index < -0.39 is 0 Å². The average molecular weight is 290 g/mol. The van der Waals surface area contributed by atoms with E-state index >= 15 is 0 Å². The Kier molecular flexibility index (Phi) is 4.78. The molecule has 0 bridgehead atoms. The number of pyridine rings is 1. The highest BCUT2D eigenvalue weighted by molar-refractivity contribution is 7.12. The summed E-state index contributed by atoms with van der Waals surface area (Å²) < 4.78 is 5.45. The van der Waals surface area contributed by atoms with Crippen molar-refractivity contribution in [2.24, 2.45) is 0 Å². The smallest absolute Gasteiger partial charge is 0.128 e. The van der Waals surface area contributed by atoms with Gasteiger partial charge in [-0.05, 0) is 39.8 Å². The summed E-state index contributed by atoms with van der Waals surface area (Å²) >= 11 is 1.84. The molecule has 0 aliphatic heterocycles. The molecule has 0 amide bonds. The van der Waals surface area contributed by atoms with Gasteiger partial charge in [-0.25, -0.2) is 0 Å². The lowest BCUT2D eigenvalue weighted by Gasteiger charge is -2.15. The molecule has 0 spiro atoms. The molecule has 1 atom stereocenters. The number of thiophene rings is 1. The van der Waals surface area contributed by atoms with Gasteiger partial charge in [-0.3, -0.25) is 4.98 Å². The molecule has 0 fully saturated rings. The summed E-state index contributed by atoms with van der Waals surface area (Å²) in [4.78, 5) is 7.23. The van der Waals surface area contributed by atoms with Gasteiger partial charge in [0.05, 0.1) is 12.8 Å². The van der Waals surface area contributed by atoms with E-state index in [1.54, 1.807) is 7.11 Å². The van der Waals surface area contributed by atoms with Gasteiger partial charge in [0.2, 0.25) is 0 Å². The van der Waals surface area contributed by atoms with Gasteiger partial charge < -0.3 is 10.1 Å². The van der Waals surface area contributed by atoms with E-state index in [0.29, 0.717) is 6.04 Å². The number of ether oxygens (including phenoxy) is 1. The maximum Gasteiger partial charge on any atom is 0.128 e. The van der Waals surface area contributed by atoms with E-state index in [1.807, 2.05) is 24.5 Å². The molecule has 2 aromatic heterocycles. The molecule has 0 saturated carbocycles.